The number of nitrogens with zero attached hydrogens (tertiary/aromatic N) is 3. The molecule has 0 saturated heterocycles. The lowest BCUT2D eigenvalue weighted by Gasteiger charge is -2.64. The van der Waals surface area contributed by atoms with Crippen LogP contribution in [-0.4, -0.2) is 44.7 Å². The fraction of sp³-hybridized carbons (Fsp3) is 0.889. The lowest BCUT2D eigenvalue weighted by Crippen LogP contribution is -2.60. The SMILES string of the molecule is COC(C)[C@]12CC[C@@](C)(O)C[C@H]1CC[C@H]1[C@@H]3CC[C@H](C(=O)Cn4ncc(C)n4)[C@@]3(C)CC[C@@H]12. The Bertz CT molecular complexity index is 897. The molecule has 0 radical (unpaired) electrons. The maximum absolute atomic E-state index is 13.4. The Balaban J connectivity index is 1.40. The summed E-state index contributed by atoms with van der Waals surface area (Å²) in [4.78, 5) is 15.0. The highest BCUT2D eigenvalue weighted by Crippen LogP contribution is 2.69. The molecule has 4 fully saturated rings. The van der Waals surface area contributed by atoms with Gasteiger partial charge in [0.15, 0.2) is 5.78 Å². The van der Waals surface area contributed by atoms with E-state index >= 15 is 0 Å². The van der Waals surface area contributed by atoms with Gasteiger partial charge in [-0.15, -0.1) is 0 Å². The molecule has 5 rings (SSSR count). The molecule has 1 aromatic rings. The van der Waals surface area contributed by atoms with Crippen molar-refractivity contribution in [2.24, 2.45) is 40.4 Å². The minimum atomic E-state index is -0.540. The Morgan fingerprint density at radius 2 is 1.97 bits per heavy atom. The van der Waals surface area contributed by atoms with Gasteiger partial charge in [0.25, 0.3) is 0 Å². The number of rotatable bonds is 5. The molecule has 0 aliphatic heterocycles. The number of carbonyl (C=O) groups excluding carboxylic acids is 1. The first-order valence-electron chi connectivity index (χ1n) is 13.3. The Hall–Kier alpha value is -1.27. The number of ether oxygens (including phenoxy) is 1. The van der Waals surface area contributed by atoms with Crippen LogP contribution in [0.3, 0.4) is 0 Å². The van der Waals surface area contributed by atoms with Crippen LogP contribution in [0.5, 0.6) is 0 Å². The van der Waals surface area contributed by atoms with Crippen LogP contribution in [0, 0.1) is 47.3 Å². The van der Waals surface area contributed by atoms with E-state index < -0.39 is 5.60 Å². The predicted molar refractivity (Wildman–Crippen MR) is 126 cm³/mol. The third kappa shape index (κ3) is 3.62. The van der Waals surface area contributed by atoms with Gasteiger partial charge in [0, 0.05) is 18.4 Å². The number of methoxy groups -OCH3 is 1. The van der Waals surface area contributed by atoms with Gasteiger partial charge in [-0.2, -0.15) is 15.0 Å². The van der Waals surface area contributed by atoms with Gasteiger partial charge in [-0.05, 0) is 108 Å². The molecule has 1 heterocycles. The Kier molecular flexibility index (Phi) is 5.80. The zero-order valence-corrected chi connectivity index (χ0v) is 21.2. The molecule has 9 atom stereocenters. The molecular weight excluding hydrogens is 414 g/mol. The summed E-state index contributed by atoms with van der Waals surface area (Å²) >= 11 is 0. The molecule has 184 valence electrons. The summed E-state index contributed by atoms with van der Waals surface area (Å²) in [5.41, 5.74) is 0.575. The van der Waals surface area contributed by atoms with E-state index in [4.69, 9.17) is 4.74 Å². The highest BCUT2D eigenvalue weighted by Gasteiger charge is 2.64. The first kappa shape index (κ1) is 23.5. The maximum atomic E-state index is 13.4. The summed E-state index contributed by atoms with van der Waals surface area (Å²) in [5.74, 6) is 2.90. The minimum absolute atomic E-state index is 0.0882. The van der Waals surface area contributed by atoms with Crippen molar-refractivity contribution < 1.29 is 14.6 Å². The molecule has 1 aromatic heterocycles. The van der Waals surface area contributed by atoms with E-state index in [1.165, 1.54) is 25.7 Å². The van der Waals surface area contributed by atoms with Gasteiger partial charge in [-0.1, -0.05) is 6.92 Å². The van der Waals surface area contributed by atoms with Crippen LogP contribution in [0.15, 0.2) is 6.20 Å². The fourth-order valence-electron chi connectivity index (χ4n) is 9.42. The summed E-state index contributed by atoms with van der Waals surface area (Å²) in [6, 6.07) is 0. The van der Waals surface area contributed by atoms with Crippen molar-refractivity contribution in [2.75, 3.05) is 7.11 Å². The Morgan fingerprint density at radius 1 is 1.18 bits per heavy atom. The average molecular weight is 458 g/mol. The second kappa shape index (κ2) is 8.15. The molecule has 6 heteroatoms. The molecule has 0 amide bonds. The number of carbonyl (C=O) groups is 1. The van der Waals surface area contributed by atoms with E-state index in [9.17, 15) is 9.90 Å². The second-order valence-electron chi connectivity index (χ2n) is 12.5. The zero-order valence-electron chi connectivity index (χ0n) is 21.2. The predicted octanol–water partition coefficient (Wildman–Crippen LogP) is 4.58. The third-order valence-electron chi connectivity index (χ3n) is 11.0. The summed E-state index contributed by atoms with van der Waals surface area (Å²) in [6.07, 6.45) is 11.7. The van der Waals surface area contributed by atoms with Gasteiger partial charge in [-0.25, -0.2) is 0 Å². The molecule has 0 spiro atoms. The summed E-state index contributed by atoms with van der Waals surface area (Å²) in [6.45, 7) is 8.94. The van der Waals surface area contributed by atoms with Crippen LogP contribution in [0.25, 0.3) is 0 Å². The summed E-state index contributed by atoms with van der Waals surface area (Å²) in [5, 5.41) is 19.5. The number of Topliss-reactive ketones (excluding diaryl/α,β-unsaturated/α-hetero) is 1. The normalized spacial score (nSPS) is 45.7. The quantitative estimate of drug-likeness (QED) is 0.700. The van der Waals surface area contributed by atoms with Gasteiger partial charge in [0.1, 0.15) is 6.54 Å². The molecular formula is C27H43N3O3. The first-order chi connectivity index (χ1) is 15.6. The summed E-state index contributed by atoms with van der Waals surface area (Å²) < 4.78 is 6.08. The molecule has 4 aliphatic carbocycles. The van der Waals surface area contributed by atoms with Crippen molar-refractivity contribution in [2.45, 2.75) is 104 Å². The summed E-state index contributed by atoms with van der Waals surface area (Å²) in [7, 11) is 1.87. The van der Waals surface area contributed by atoms with E-state index in [2.05, 4.69) is 24.0 Å². The van der Waals surface area contributed by atoms with E-state index in [1.807, 2.05) is 21.0 Å². The maximum Gasteiger partial charge on any atom is 0.159 e. The van der Waals surface area contributed by atoms with E-state index in [0.717, 1.165) is 37.8 Å². The highest BCUT2D eigenvalue weighted by molar-refractivity contribution is 5.82. The van der Waals surface area contributed by atoms with Crippen LogP contribution < -0.4 is 0 Å². The molecule has 4 saturated carbocycles. The van der Waals surface area contributed by atoms with Crippen molar-refractivity contribution in [3.63, 3.8) is 0 Å². The first-order valence-corrected chi connectivity index (χ1v) is 13.3. The van der Waals surface area contributed by atoms with Crippen LogP contribution >= 0.6 is 0 Å². The van der Waals surface area contributed by atoms with Crippen LogP contribution in [0.2, 0.25) is 0 Å². The molecule has 33 heavy (non-hydrogen) atoms. The molecule has 0 aromatic carbocycles. The van der Waals surface area contributed by atoms with E-state index in [1.54, 1.807) is 11.0 Å². The van der Waals surface area contributed by atoms with E-state index in [0.29, 0.717) is 36.0 Å². The standard InChI is InChI=1S/C27H43N3O3/c1-17-15-28-30(29-17)16-24(31)23-9-8-21-20-7-6-19-14-25(3,32)12-13-27(19,18(2)33-5)22(20)10-11-26(21,23)4/h15,18-23,32H,6-14,16H2,1-5H3/t18?,19-,20+,21+,22+,23-,25-,26+,27-/m1/s1. The number of ketones is 1. The number of aryl methyl sites for hydroxylation is 1. The lowest BCUT2D eigenvalue weighted by molar-refractivity contribution is -0.199. The lowest BCUT2D eigenvalue weighted by atomic mass is 9.42. The molecule has 1 N–H and O–H groups in total. The Labute approximate surface area is 198 Å². The number of aromatic nitrogens is 3. The number of fused-ring (bicyclic) bond motifs is 5. The van der Waals surface area contributed by atoms with Gasteiger partial charge < -0.3 is 9.84 Å². The topological polar surface area (TPSA) is 77.2 Å². The van der Waals surface area contributed by atoms with Crippen LogP contribution in [0.1, 0.15) is 84.3 Å². The van der Waals surface area contributed by atoms with Gasteiger partial charge >= 0.3 is 0 Å². The van der Waals surface area contributed by atoms with Gasteiger partial charge in [0.05, 0.1) is 23.6 Å². The van der Waals surface area contributed by atoms with Crippen molar-refractivity contribution >= 4 is 5.78 Å². The van der Waals surface area contributed by atoms with Crippen molar-refractivity contribution in [3.05, 3.63) is 11.9 Å². The van der Waals surface area contributed by atoms with Crippen molar-refractivity contribution in [1.29, 1.82) is 0 Å². The van der Waals surface area contributed by atoms with Gasteiger partial charge in [0.2, 0.25) is 0 Å². The van der Waals surface area contributed by atoms with Crippen molar-refractivity contribution in [1.82, 2.24) is 15.0 Å². The highest BCUT2D eigenvalue weighted by atomic mass is 16.5. The fourth-order valence-corrected chi connectivity index (χ4v) is 9.42. The van der Waals surface area contributed by atoms with E-state index in [-0.39, 0.29) is 22.9 Å². The molecule has 4 aliphatic rings. The number of aliphatic hydroxyl groups is 1. The minimum Gasteiger partial charge on any atom is -0.390 e. The van der Waals surface area contributed by atoms with Gasteiger partial charge in [-0.3, -0.25) is 4.79 Å². The largest absolute Gasteiger partial charge is 0.390 e. The molecule has 1 unspecified atom stereocenters. The van der Waals surface area contributed by atoms with Crippen LogP contribution in [0.4, 0.5) is 0 Å². The molecule has 0 bridgehead atoms. The van der Waals surface area contributed by atoms with Crippen LogP contribution in [-0.2, 0) is 16.1 Å². The Morgan fingerprint density at radius 3 is 2.67 bits per heavy atom. The number of hydrogen-bond acceptors (Lipinski definition) is 5. The smallest absolute Gasteiger partial charge is 0.159 e. The van der Waals surface area contributed by atoms with Crippen molar-refractivity contribution in [3.8, 4) is 0 Å². The zero-order chi connectivity index (χ0) is 23.6. The molecule has 6 nitrogen and oxygen atoms in total. The monoisotopic (exact) mass is 457 g/mol. The average Bonchev–Trinajstić information content (AvgIpc) is 3.34. The third-order valence-corrected chi connectivity index (χ3v) is 11.0. The second-order valence-corrected chi connectivity index (χ2v) is 12.5. The number of hydrogen-bond donors (Lipinski definition) is 1.